The maximum Gasteiger partial charge on any atom is 0.408 e. The fourth-order valence-electron chi connectivity index (χ4n) is 2.84. The highest BCUT2D eigenvalue weighted by molar-refractivity contribution is 14.1. The fourth-order valence-corrected chi connectivity index (χ4v) is 3.13. The Kier molecular flexibility index (Phi) is 4.90. The SMILES string of the molecule is CC(C)(C)N(C(=O)O)C1CCCN(c2ccc(I)nn2)C1. The summed E-state index contributed by atoms with van der Waals surface area (Å²) in [6.45, 7) is 7.36. The van der Waals surface area contributed by atoms with Gasteiger partial charge in [-0.25, -0.2) is 4.79 Å². The average molecular weight is 404 g/mol. The van der Waals surface area contributed by atoms with Crippen LogP contribution in [0.2, 0.25) is 0 Å². The lowest BCUT2D eigenvalue weighted by molar-refractivity contribution is 0.0647. The van der Waals surface area contributed by atoms with Crippen molar-refractivity contribution in [3.63, 3.8) is 0 Å². The summed E-state index contributed by atoms with van der Waals surface area (Å²) < 4.78 is 0.853. The van der Waals surface area contributed by atoms with Crippen molar-refractivity contribution in [2.75, 3.05) is 18.0 Å². The number of carboxylic acid groups (broad SMARTS) is 1. The van der Waals surface area contributed by atoms with Crippen LogP contribution in [0.5, 0.6) is 0 Å². The Bertz CT molecular complexity index is 501. The van der Waals surface area contributed by atoms with Gasteiger partial charge in [0.2, 0.25) is 0 Å². The van der Waals surface area contributed by atoms with E-state index in [4.69, 9.17) is 0 Å². The molecule has 21 heavy (non-hydrogen) atoms. The van der Waals surface area contributed by atoms with E-state index in [-0.39, 0.29) is 6.04 Å². The molecular weight excluding hydrogens is 383 g/mol. The molecule has 1 fully saturated rings. The summed E-state index contributed by atoms with van der Waals surface area (Å²) in [6.07, 6.45) is 0.985. The van der Waals surface area contributed by atoms with Gasteiger partial charge in [-0.15, -0.1) is 10.2 Å². The number of nitrogens with zero attached hydrogens (tertiary/aromatic N) is 4. The van der Waals surface area contributed by atoms with Gasteiger partial charge in [-0.1, -0.05) is 0 Å². The number of anilines is 1. The molecule has 1 N–H and O–H groups in total. The summed E-state index contributed by atoms with van der Waals surface area (Å²) >= 11 is 2.12. The van der Waals surface area contributed by atoms with Gasteiger partial charge in [-0.3, -0.25) is 4.90 Å². The maximum absolute atomic E-state index is 11.6. The molecule has 7 heteroatoms. The van der Waals surface area contributed by atoms with E-state index in [0.29, 0.717) is 6.54 Å². The van der Waals surface area contributed by atoms with Gasteiger partial charge in [0.1, 0.15) is 3.70 Å². The van der Waals surface area contributed by atoms with Crippen LogP contribution in [0.25, 0.3) is 0 Å². The highest BCUT2D eigenvalue weighted by Gasteiger charge is 2.36. The summed E-state index contributed by atoms with van der Waals surface area (Å²) in [4.78, 5) is 15.3. The van der Waals surface area contributed by atoms with Crippen LogP contribution in [0.3, 0.4) is 0 Å². The lowest BCUT2D eigenvalue weighted by atomic mass is 9.97. The van der Waals surface area contributed by atoms with Crippen LogP contribution in [0.15, 0.2) is 12.1 Å². The molecule has 1 amide bonds. The number of amides is 1. The molecule has 1 saturated heterocycles. The molecule has 0 saturated carbocycles. The highest BCUT2D eigenvalue weighted by Crippen LogP contribution is 2.26. The molecule has 0 radical (unpaired) electrons. The Balaban J connectivity index is 2.16. The maximum atomic E-state index is 11.6. The largest absolute Gasteiger partial charge is 0.465 e. The summed E-state index contributed by atoms with van der Waals surface area (Å²) in [5.74, 6) is 0.819. The summed E-state index contributed by atoms with van der Waals surface area (Å²) in [5.41, 5.74) is -0.406. The minimum absolute atomic E-state index is 0.0164. The van der Waals surface area contributed by atoms with E-state index in [9.17, 15) is 9.90 Å². The Morgan fingerprint density at radius 3 is 2.67 bits per heavy atom. The molecule has 6 nitrogen and oxygen atoms in total. The monoisotopic (exact) mass is 404 g/mol. The highest BCUT2D eigenvalue weighted by atomic mass is 127. The second-order valence-corrected chi connectivity index (χ2v) is 7.38. The Morgan fingerprint density at radius 2 is 2.14 bits per heavy atom. The van der Waals surface area contributed by atoms with Crippen molar-refractivity contribution in [2.45, 2.75) is 45.2 Å². The van der Waals surface area contributed by atoms with Crippen LogP contribution in [-0.4, -0.2) is 51.0 Å². The van der Waals surface area contributed by atoms with Crippen molar-refractivity contribution in [1.82, 2.24) is 15.1 Å². The number of rotatable bonds is 2. The molecule has 0 bridgehead atoms. The van der Waals surface area contributed by atoms with Crippen molar-refractivity contribution in [2.24, 2.45) is 0 Å². The number of aromatic nitrogens is 2. The number of piperidine rings is 1. The van der Waals surface area contributed by atoms with E-state index in [1.165, 1.54) is 0 Å². The van der Waals surface area contributed by atoms with E-state index >= 15 is 0 Å². The van der Waals surface area contributed by atoms with Gasteiger partial charge in [-0.05, 0) is 68.3 Å². The smallest absolute Gasteiger partial charge is 0.408 e. The molecule has 0 aromatic carbocycles. The normalized spacial score (nSPS) is 19.4. The average Bonchev–Trinajstić information content (AvgIpc) is 2.37. The first kappa shape index (κ1) is 16.3. The first-order valence-corrected chi connectivity index (χ1v) is 8.13. The van der Waals surface area contributed by atoms with Crippen molar-refractivity contribution in [3.8, 4) is 0 Å². The van der Waals surface area contributed by atoms with Crippen LogP contribution in [-0.2, 0) is 0 Å². The third-order valence-corrected chi connectivity index (χ3v) is 4.21. The van der Waals surface area contributed by atoms with Crippen molar-refractivity contribution in [3.05, 3.63) is 15.8 Å². The lowest BCUT2D eigenvalue weighted by Gasteiger charge is -2.44. The molecule has 1 aliphatic heterocycles. The molecule has 0 aliphatic carbocycles. The van der Waals surface area contributed by atoms with Crippen LogP contribution in [0, 0.1) is 3.70 Å². The van der Waals surface area contributed by atoms with E-state index in [0.717, 1.165) is 28.9 Å². The second-order valence-electron chi connectivity index (χ2n) is 6.28. The van der Waals surface area contributed by atoms with Crippen molar-refractivity contribution in [1.29, 1.82) is 0 Å². The second kappa shape index (κ2) is 6.33. The number of hydrogen-bond acceptors (Lipinski definition) is 4. The predicted molar refractivity (Wildman–Crippen MR) is 89.6 cm³/mol. The van der Waals surface area contributed by atoms with Crippen LogP contribution < -0.4 is 4.90 Å². The van der Waals surface area contributed by atoms with Crippen molar-refractivity contribution < 1.29 is 9.90 Å². The standard InChI is InChI=1S/C14H21IN4O2/c1-14(2,3)19(13(20)21)10-5-4-8-18(9-10)12-7-6-11(15)16-17-12/h6-7,10H,4-5,8-9H2,1-3H3,(H,20,21). The zero-order chi connectivity index (χ0) is 15.6. The van der Waals surface area contributed by atoms with Gasteiger partial charge in [0.05, 0.1) is 6.04 Å². The summed E-state index contributed by atoms with van der Waals surface area (Å²) in [6, 6.07) is 3.85. The van der Waals surface area contributed by atoms with Gasteiger partial charge in [-0.2, -0.15) is 0 Å². The van der Waals surface area contributed by atoms with Gasteiger partial charge < -0.3 is 10.0 Å². The first-order chi connectivity index (χ1) is 9.79. The van der Waals surface area contributed by atoms with Gasteiger partial charge >= 0.3 is 6.09 Å². The fraction of sp³-hybridized carbons (Fsp3) is 0.643. The third-order valence-electron chi connectivity index (χ3n) is 3.63. The molecule has 1 unspecified atom stereocenters. The lowest BCUT2D eigenvalue weighted by Crippen LogP contribution is -2.57. The summed E-state index contributed by atoms with van der Waals surface area (Å²) in [7, 11) is 0. The zero-order valence-corrected chi connectivity index (χ0v) is 14.7. The van der Waals surface area contributed by atoms with Gasteiger partial charge in [0.15, 0.2) is 5.82 Å². The zero-order valence-electron chi connectivity index (χ0n) is 12.6. The Hall–Kier alpha value is -1.12. The number of carbonyl (C=O) groups is 1. The molecule has 2 heterocycles. The Labute approximate surface area is 138 Å². The molecule has 1 aliphatic rings. The van der Waals surface area contributed by atoms with Crippen LogP contribution in [0.4, 0.5) is 10.6 Å². The van der Waals surface area contributed by atoms with Gasteiger partial charge in [0, 0.05) is 18.6 Å². The molecular formula is C14H21IN4O2. The molecule has 116 valence electrons. The van der Waals surface area contributed by atoms with Crippen LogP contribution in [0.1, 0.15) is 33.6 Å². The van der Waals surface area contributed by atoms with E-state index in [1.54, 1.807) is 4.90 Å². The van der Waals surface area contributed by atoms with Crippen LogP contribution >= 0.6 is 22.6 Å². The van der Waals surface area contributed by atoms with E-state index < -0.39 is 11.6 Å². The molecule has 2 rings (SSSR count). The van der Waals surface area contributed by atoms with Gasteiger partial charge in [0.25, 0.3) is 0 Å². The Morgan fingerprint density at radius 1 is 1.43 bits per heavy atom. The van der Waals surface area contributed by atoms with E-state index in [1.807, 2.05) is 32.9 Å². The topological polar surface area (TPSA) is 69.6 Å². The first-order valence-electron chi connectivity index (χ1n) is 7.05. The minimum Gasteiger partial charge on any atom is -0.465 e. The third kappa shape index (κ3) is 3.96. The molecule has 0 spiro atoms. The number of halogens is 1. The molecule has 1 atom stereocenters. The molecule has 1 aromatic rings. The molecule has 1 aromatic heterocycles. The van der Waals surface area contributed by atoms with E-state index in [2.05, 4.69) is 37.7 Å². The predicted octanol–water partition coefficient (Wildman–Crippen LogP) is 2.83. The minimum atomic E-state index is -0.858. The summed E-state index contributed by atoms with van der Waals surface area (Å²) in [5, 5.41) is 17.8. The quantitative estimate of drug-likeness (QED) is 0.768. The number of hydrogen-bond donors (Lipinski definition) is 1. The van der Waals surface area contributed by atoms with Crippen molar-refractivity contribution >= 4 is 34.5 Å².